The van der Waals surface area contributed by atoms with Crippen molar-refractivity contribution in [1.82, 2.24) is 0 Å². The Hall–Kier alpha value is -3.04. The van der Waals surface area contributed by atoms with Crippen molar-refractivity contribution in [3.63, 3.8) is 0 Å². The summed E-state index contributed by atoms with van der Waals surface area (Å²) in [5.74, 6) is 0.333. The smallest absolute Gasteiger partial charge is 0.306 e. The van der Waals surface area contributed by atoms with Crippen molar-refractivity contribution in [2.75, 3.05) is 37.1 Å². The molecule has 2 atom stereocenters. The van der Waals surface area contributed by atoms with E-state index in [2.05, 4.69) is 55.3 Å². The Labute approximate surface area is 191 Å². The number of nitrogens with zero attached hydrogens (tertiary/aromatic N) is 2. The Morgan fingerprint density at radius 3 is 2.66 bits per heavy atom. The maximum Gasteiger partial charge on any atom is 0.306 e. The lowest BCUT2D eigenvalue weighted by Crippen LogP contribution is -2.48. The number of benzene rings is 2. The topological polar surface area (TPSA) is 74.6 Å². The van der Waals surface area contributed by atoms with Crippen molar-refractivity contribution in [1.29, 1.82) is 5.26 Å². The van der Waals surface area contributed by atoms with Crippen molar-refractivity contribution in [3.8, 4) is 6.07 Å². The largest absolute Gasteiger partial charge is 0.469 e. The molecule has 6 heteroatoms. The lowest BCUT2D eigenvalue weighted by Gasteiger charge is -2.40. The number of carbonyl (C=O) groups excluding carboxylic acids is 1. The molecule has 2 aromatic carbocycles. The molecule has 1 aliphatic rings. The number of esters is 1. The van der Waals surface area contributed by atoms with Crippen LogP contribution in [0.25, 0.3) is 0 Å². The standard InChI is InChI=1S/C26H33N3O3/c1-5-20(15-26(30)31-4)21-8-11-24(29-12-13-32-17-25(29)18(2)3)23(14-21)28-22-9-6-19(16-27)7-10-22/h6-11,14,18,20,25,28H,5,12-13,15,17H2,1-4H3. The van der Waals surface area contributed by atoms with Crippen LogP contribution in [-0.4, -0.2) is 38.9 Å². The van der Waals surface area contributed by atoms with E-state index in [9.17, 15) is 4.79 Å². The van der Waals surface area contributed by atoms with Gasteiger partial charge < -0.3 is 19.7 Å². The highest BCUT2D eigenvalue weighted by Crippen LogP contribution is 2.37. The van der Waals surface area contributed by atoms with Gasteiger partial charge in [-0.2, -0.15) is 5.26 Å². The van der Waals surface area contributed by atoms with E-state index in [1.165, 1.54) is 7.11 Å². The molecule has 1 aliphatic heterocycles. The van der Waals surface area contributed by atoms with Gasteiger partial charge >= 0.3 is 5.97 Å². The van der Waals surface area contributed by atoms with Crippen LogP contribution in [0.2, 0.25) is 0 Å². The zero-order chi connectivity index (χ0) is 23.1. The van der Waals surface area contributed by atoms with Gasteiger partial charge in [0.1, 0.15) is 0 Å². The number of nitriles is 1. The minimum absolute atomic E-state index is 0.0867. The van der Waals surface area contributed by atoms with Crippen LogP contribution in [0.4, 0.5) is 17.1 Å². The molecule has 2 aromatic rings. The van der Waals surface area contributed by atoms with Crippen LogP contribution in [0, 0.1) is 17.2 Å². The lowest BCUT2D eigenvalue weighted by atomic mass is 9.92. The molecule has 170 valence electrons. The Balaban J connectivity index is 2.00. The summed E-state index contributed by atoms with van der Waals surface area (Å²) in [4.78, 5) is 14.4. The van der Waals surface area contributed by atoms with Crippen LogP contribution >= 0.6 is 0 Å². The molecule has 1 heterocycles. The molecule has 0 aliphatic carbocycles. The summed E-state index contributed by atoms with van der Waals surface area (Å²) in [7, 11) is 1.43. The number of nitrogens with one attached hydrogen (secondary N) is 1. The van der Waals surface area contributed by atoms with E-state index >= 15 is 0 Å². The molecule has 2 unspecified atom stereocenters. The number of morpholine rings is 1. The average Bonchev–Trinajstić information content (AvgIpc) is 2.82. The summed E-state index contributed by atoms with van der Waals surface area (Å²) in [5, 5.41) is 12.7. The third kappa shape index (κ3) is 5.60. The van der Waals surface area contributed by atoms with E-state index in [1.807, 2.05) is 24.3 Å². The van der Waals surface area contributed by atoms with Crippen LogP contribution in [0.15, 0.2) is 42.5 Å². The molecule has 0 aromatic heterocycles. The lowest BCUT2D eigenvalue weighted by molar-refractivity contribution is -0.141. The molecule has 1 N–H and O–H groups in total. The van der Waals surface area contributed by atoms with Crippen molar-refractivity contribution < 1.29 is 14.3 Å². The third-order valence-corrected chi connectivity index (χ3v) is 6.16. The zero-order valence-corrected chi connectivity index (χ0v) is 19.4. The number of hydrogen-bond acceptors (Lipinski definition) is 6. The second kappa shape index (κ2) is 11.0. The highest BCUT2D eigenvalue weighted by molar-refractivity contribution is 5.77. The first-order valence-corrected chi connectivity index (χ1v) is 11.3. The van der Waals surface area contributed by atoms with E-state index in [4.69, 9.17) is 14.7 Å². The Bertz CT molecular complexity index is 950. The first-order chi connectivity index (χ1) is 15.5. The summed E-state index contributed by atoms with van der Waals surface area (Å²) in [6.07, 6.45) is 1.20. The van der Waals surface area contributed by atoms with Crippen LogP contribution in [-0.2, 0) is 14.3 Å². The number of methoxy groups -OCH3 is 1. The quantitative estimate of drug-likeness (QED) is 0.573. The van der Waals surface area contributed by atoms with Crippen LogP contribution < -0.4 is 10.2 Å². The van der Waals surface area contributed by atoms with Gasteiger partial charge in [-0.05, 0) is 60.2 Å². The van der Waals surface area contributed by atoms with Crippen molar-refractivity contribution in [3.05, 3.63) is 53.6 Å². The fraction of sp³-hybridized carbons (Fsp3) is 0.462. The van der Waals surface area contributed by atoms with Crippen LogP contribution in [0.1, 0.15) is 50.7 Å². The maximum atomic E-state index is 11.9. The monoisotopic (exact) mass is 435 g/mol. The summed E-state index contributed by atoms with van der Waals surface area (Å²) >= 11 is 0. The fourth-order valence-electron chi connectivity index (χ4n) is 4.20. The van der Waals surface area contributed by atoms with Gasteiger partial charge in [-0.3, -0.25) is 4.79 Å². The number of carbonyl (C=O) groups is 1. The molecule has 0 amide bonds. The summed E-state index contributed by atoms with van der Waals surface area (Å²) in [6.45, 7) is 8.75. The van der Waals surface area contributed by atoms with Gasteiger partial charge in [0.05, 0.1) is 55.8 Å². The molecule has 32 heavy (non-hydrogen) atoms. The minimum Gasteiger partial charge on any atom is -0.469 e. The van der Waals surface area contributed by atoms with Crippen LogP contribution in [0.3, 0.4) is 0 Å². The number of ether oxygens (including phenoxy) is 2. The van der Waals surface area contributed by atoms with E-state index in [0.29, 0.717) is 31.1 Å². The number of anilines is 3. The summed E-state index contributed by atoms with van der Waals surface area (Å²) in [6, 6.07) is 16.3. The van der Waals surface area contributed by atoms with Gasteiger partial charge in [-0.15, -0.1) is 0 Å². The minimum atomic E-state index is -0.199. The molecule has 6 nitrogen and oxygen atoms in total. The predicted molar refractivity (Wildman–Crippen MR) is 127 cm³/mol. The SMILES string of the molecule is CCC(CC(=O)OC)c1ccc(N2CCOCC2C(C)C)c(Nc2ccc(C#N)cc2)c1. The zero-order valence-electron chi connectivity index (χ0n) is 19.4. The fourth-order valence-corrected chi connectivity index (χ4v) is 4.20. The van der Waals surface area contributed by atoms with E-state index in [1.54, 1.807) is 0 Å². The van der Waals surface area contributed by atoms with Gasteiger partial charge in [-0.1, -0.05) is 26.8 Å². The molecular weight excluding hydrogens is 402 g/mol. The molecule has 1 saturated heterocycles. The molecule has 3 rings (SSSR count). The molecule has 1 fully saturated rings. The first kappa shape index (κ1) is 23.6. The third-order valence-electron chi connectivity index (χ3n) is 6.16. The highest BCUT2D eigenvalue weighted by atomic mass is 16.5. The van der Waals surface area contributed by atoms with Gasteiger partial charge in [-0.25, -0.2) is 0 Å². The van der Waals surface area contributed by atoms with E-state index < -0.39 is 0 Å². The predicted octanol–water partition coefficient (Wildman–Crippen LogP) is 5.22. The molecule has 0 spiro atoms. The molecule has 0 radical (unpaired) electrons. The van der Waals surface area contributed by atoms with Gasteiger partial charge in [0.2, 0.25) is 0 Å². The Morgan fingerprint density at radius 2 is 2.03 bits per heavy atom. The van der Waals surface area contributed by atoms with Crippen LogP contribution in [0.5, 0.6) is 0 Å². The van der Waals surface area contributed by atoms with Crippen molar-refractivity contribution in [2.45, 2.75) is 45.6 Å². The van der Waals surface area contributed by atoms with E-state index in [0.717, 1.165) is 35.6 Å². The molecule has 0 saturated carbocycles. The maximum absolute atomic E-state index is 11.9. The summed E-state index contributed by atoms with van der Waals surface area (Å²) in [5.41, 5.74) is 4.75. The highest BCUT2D eigenvalue weighted by Gasteiger charge is 2.28. The Morgan fingerprint density at radius 1 is 1.28 bits per heavy atom. The second-order valence-corrected chi connectivity index (χ2v) is 8.56. The van der Waals surface area contributed by atoms with Gasteiger partial charge in [0, 0.05) is 12.2 Å². The first-order valence-electron chi connectivity index (χ1n) is 11.3. The summed E-state index contributed by atoms with van der Waals surface area (Å²) < 4.78 is 10.7. The molecule has 0 bridgehead atoms. The number of hydrogen-bond donors (Lipinski definition) is 1. The number of rotatable bonds is 8. The normalized spacial score (nSPS) is 17.0. The molecular formula is C26H33N3O3. The van der Waals surface area contributed by atoms with Crippen molar-refractivity contribution >= 4 is 23.0 Å². The van der Waals surface area contributed by atoms with Crippen molar-refractivity contribution in [2.24, 2.45) is 5.92 Å². The second-order valence-electron chi connectivity index (χ2n) is 8.56. The van der Waals surface area contributed by atoms with Gasteiger partial charge in [0.15, 0.2) is 0 Å². The van der Waals surface area contributed by atoms with E-state index in [-0.39, 0.29) is 17.9 Å². The average molecular weight is 436 g/mol. The Kier molecular flexibility index (Phi) is 8.13. The van der Waals surface area contributed by atoms with Gasteiger partial charge in [0.25, 0.3) is 0 Å².